The molecule has 3 aromatic rings. The van der Waals surface area contributed by atoms with Gasteiger partial charge in [-0.15, -0.1) is 10.2 Å². The van der Waals surface area contributed by atoms with Crippen LogP contribution in [0.4, 0.5) is 0 Å². The van der Waals surface area contributed by atoms with Gasteiger partial charge in [0.05, 0.1) is 11.4 Å². The highest BCUT2D eigenvalue weighted by atomic mass is 32.2. The van der Waals surface area contributed by atoms with E-state index in [1.807, 2.05) is 60.9 Å². The third-order valence-electron chi connectivity index (χ3n) is 4.65. The lowest BCUT2D eigenvalue weighted by Crippen LogP contribution is -2.34. The highest BCUT2D eigenvalue weighted by Gasteiger charge is 2.18. The van der Waals surface area contributed by atoms with Gasteiger partial charge in [0.15, 0.2) is 5.16 Å². The summed E-state index contributed by atoms with van der Waals surface area (Å²) in [6.07, 6.45) is 1.78. The van der Waals surface area contributed by atoms with Gasteiger partial charge in [-0.1, -0.05) is 59.8 Å². The second-order valence-electron chi connectivity index (χ2n) is 7.08. The maximum absolute atomic E-state index is 12.9. The molecule has 1 aromatic heterocycles. The van der Waals surface area contributed by atoms with Crippen molar-refractivity contribution in [1.82, 2.24) is 19.7 Å². The number of thioether (sulfide) groups is 1. The maximum atomic E-state index is 12.9. The Morgan fingerprint density at radius 1 is 1.13 bits per heavy atom. The monoisotopic (exact) mass is 423 g/mol. The van der Waals surface area contributed by atoms with E-state index in [0.717, 1.165) is 16.8 Å². The van der Waals surface area contributed by atoms with Crippen molar-refractivity contribution in [2.75, 3.05) is 12.3 Å². The Balaban J connectivity index is 1.71. The number of rotatable bonds is 9. The molecular weight excluding hydrogens is 398 g/mol. The van der Waals surface area contributed by atoms with E-state index in [9.17, 15) is 9.59 Å². The first-order chi connectivity index (χ1) is 14.4. The number of aromatic nitrogens is 3. The molecule has 0 aliphatic heterocycles. The molecule has 156 valence electrons. The number of carbonyl (C=O) groups is 2. The van der Waals surface area contributed by atoms with Crippen molar-refractivity contribution in [3.63, 3.8) is 0 Å². The van der Waals surface area contributed by atoms with Crippen LogP contribution >= 0.6 is 11.8 Å². The summed E-state index contributed by atoms with van der Waals surface area (Å²) in [6.45, 7) is 4.79. The highest BCUT2D eigenvalue weighted by Crippen LogP contribution is 2.23. The van der Waals surface area contributed by atoms with Gasteiger partial charge in [-0.2, -0.15) is 0 Å². The number of hydrogen-bond donors (Lipinski definition) is 1. The van der Waals surface area contributed by atoms with E-state index in [1.54, 1.807) is 11.2 Å². The Kier molecular flexibility index (Phi) is 7.24. The van der Waals surface area contributed by atoms with Crippen LogP contribution in [-0.2, 0) is 16.1 Å². The highest BCUT2D eigenvalue weighted by molar-refractivity contribution is 7.99. The van der Waals surface area contributed by atoms with E-state index < -0.39 is 5.91 Å². The third-order valence-corrected chi connectivity index (χ3v) is 5.58. The minimum atomic E-state index is -0.428. The van der Waals surface area contributed by atoms with E-state index in [2.05, 4.69) is 16.3 Å². The number of primary amides is 1. The minimum Gasteiger partial charge on any atom is -0.370 e. The number of aryl methyl sites for hydroxylation is 2. The van der Waals surface area contributed by atoms with Crippen LogP contribution in [-0.4, -0.2) is 43.8 Å². The van der Waals surface area contributed by atoms with Crippen molar-refractivity contribution in [2.24, 2.45) is 5.73 Å². The summed E-state index contributed by atoms with van der Waals surface area (Å²) in [6, 6.07) is 15.8. The van der Waals surface area contributed by atoms with E-state index in [0.29, 0.717) is 11.7 Å². The van der Waals surface area contributed by atoms with Gasteiger partial charge in [-0.05, 0) is 31.0 Å². The van der Waals surface area contributed by atoms with Crippen molar-refractivity contribution in [3.05, 3.63) is 71.5 Å². The summed E-state index contributed by atoms with van der Waals surface area (Å²) in [5.41, 5.74) is 9.56. The number of amides is 2. The van der Waals surface area contributed by atoms with Crippen molar-refractivity contribution in [1.29, 1.82) is 0 Å². The number of hydrogen-bond acceptors (Lipinski definition) is 5. The fourth-order valence-electron chi connectivity index (χ4n) is 3.12. The molecule has 1 heterocycles. The topological polar surface area (TPSA) is 94.1 Å². The van der Waals surface area contributed by atoms with E-state index in [1.165, 1.54) is 17.3 Å². The molecule has 0 atom stereocenters. The van der Waals surface area contributed by atoms with Crippen molar-refractivity contribution < 1.29 is 9.59 Å². The first-order valence-corrected chi connectivity index (χ1v) is 10.6. The predicted octanol–water partition coefficient (Wildman–Crippen LogP) is 2.88. The molecule has 0 unspecified atom stereocenters. The van der Waals surface area contributed by atoms with Gasteiger partial charge in [-0.25, -0.2) is 0 Å². The second-order valence-corrected chi connectivity index (χ2v) is 8.02. The van der Waals surface area contributed by atoms with Crippen LogP contribution in [0, 0.1) is 13.8 Å². The van der Waals surface area contributed by atoms with Gasteiger partial charge >= 0.3 is 0 Å². The normalized spacial score (nSPS) is 10.7. The van der Waals surface area contributed by atoms with Crippen LogP contribution in [0.15, 0.2) is 60.0 Å². The van der Waals surface area contributed by atoms with Gasteiger partial charge in [0.1, 0.15) is 6.33 Å². The van der Waals surface area contributed by atoms with E-state index >= 15 is 0 Å². The molecule has 0 aliphatic carbocycles. The summed E-state index contributed by atoms with van der Waals surface area (Å²) in [4.78, 5) is 25.8. The van der Waals surface area contributed by atoms with Crippen LogP contribution in [0.25, 0.3) is 5.69 Å². The first-order valence-electron chi connectivity index (χ1n) is 9.64. The van der Waals surface area contributed by atoms with Crippen LogP contribution in [0.3, 0.4) is 0 Å². The first kappa shape index (κ1) is 21.6. The Labute approximate surface area is 180 Å². The zero-order chi connectivity index (χ0) is 21.5. The molecule has 0 fully saturated rings. The molecule has 2 N–H and O–H groups in total. The molecule has 2 amide bonds. The van der Waals surface area contributed by atoms with Crippen LogP contribution in [0.2, 0.25) is 0 Å². The van der Waals surface area contributed by atoms with Gasteiger partial charge < -0.3 is 10.6 Å². The molecule has 0 bridgehead atoms. The third kappa shape index (κ3) is 5.70. The SMILES string of the molecule is Cc1ccc(-n2cnnc2SCC(=O)N(CCC(N)=O)Cc2ccccc2)c(C)c1. The lowest BCUT2D eigenvalue weighted by Gasteiger charge is -2.22. The number of carbonyl (C=O) groups excluding carboxylic acids is 2. The second kappa shape index (κ2) is 10.1. The zero-order valence-corrected chi connectivity index (χ0v) is 17.9. The van der Waals surface area contributed by atoms with Crippen molar-refractivity contribution >= 4 is 23.6 Å². The number of nitrogens with two attached hydrogens (primary N) is 1. The molecule has 3 rings (SSSR count). The fourth-order valence-corrected chi connectivity index (χ4v) is 3.95. The standard InChI is InChI=1S/C22H25N5O2S/c1-16-8-9-19(17(2)12-16)27-15-24-25-22(27)30-14-21(29)26(11-10-20(23)28)13-18-6-4-3-5-7-18/h3-9,12,15H,10-11,13-14H2,1-2H3,(H2,23,28). The summed E-state index contributed by atoms with van der Waals surface area (Å²) < 4.78 is 1.89. The molecule has 0 saturated heterocycles. The average molecular weight is 424 g/mol. The molecule has 0 radical (unpaired) electrons. The average Bonchev–Trinajstić information content (AvgIpc) is 3.18. The largest absolute Gasteiger partial charge is 0.370 e. The van der Waals surface area contributed by atoms with E-state index in [4.69, 9.17) is 5.73 Å². The predicted molar refractivity (Wildman–Crippen MR) is 117 cm³/mol. The van der Waals surface area contributed by atoms with Gasteiger partial charge in [0.25, 0.3) is 0 Å². The molecule has 7 nitrogen and oxygen atoms in total. The Morgan fingerprint density at radius 2 is 1.90 bits per heavy atom. The quantitative estimate of drug-likeness (QED) is 0.534. The molecule has 0 aliphatic rings. The Bertz CT molecular complexity index is 1020. The lowest BCUT2D eigenvalue weighted by atomic mass is 10.1. The lowest BCUT2D eigenvalue weighted by molar-refractivity contribution is -0.129. The fraction of sp³-hybridized carbons (Fsp3) is 0.273. The molecule has 8 heteroatoms. The van der Waals surface area contributed by atoms with Crippen LogP contribution < -0.4 is 5.73 Å². The van der Waals surface area contributed by atoms with Crippen molar-refractivity contribution in [2.45, 2.75) is 32.0 Å². The van der Waals surface area contributed by atoms with E-state index in [-0.39, 0.29) is 24.6 Å². The minimum absolute atomic E-state index is 0.0831. The smallest absolute Gasteiger partial charge is 0.233 e. The van der Waals surface area contributed by atoms with Gasteiger partial charge in [0, 0.05) is 19.5 Å². The molecular formula is C22H25N5O2S. The van der Waals surface area contributed by atoms with Crippen LogP contribution in [0.1, 0.15) is 23.1 Å². The van der Waals surface area contributed by atoms with Crippen LogP contribution in [0.5, 0.6) is 0 Å². The summed E-state index contributed by atoms with van der Waals surface area (Å²) in [5.74, 6) is -0.321. The molecule has 2 aromatic carbocycles. The summed E-state index contributed by atoms with van der Waals surface area (Å²) in [7, 11) is 0. The van der Waals surface area contributed by atoms with Crippen molar-refractivity contribution in [3.8, 4) is 5.69 Å². The molecule has 30 heavy (non-hydrogen) atoms. The summed E-state index contributed by atoms with van der Waals surface area (Å²) in [5, 5.41) is 8.84. The van der Waals surface area contributed by atoms with Gasteiger partial charge in [-0.3, -0.25) is 14.2 Å². The van der Waals surface area contributed by atoms with Gasteiger partial charge in [0.2, 0.25) is 11.8 Å². The number of nitrogens with zero attached hydrogens (tertiary/aromatic N) is 4. The molecule has 0 spiro atoms. The Hall–Kier alpha value is -3.13. The summed E-state index contributed by atoms with van der Waals surface area (Å²) >= 11 is 1.32. The zero-order valence-electron chi connectivity index (χ0n) is 17.1. The maximum Gasteiger partial charge on any atom is 0.233 e. The molecule has 0 saturated carbocycles. The number of benzene rings is 2. The Morgan fingerprint density at radius 3 is 2.60 bits per heavy atom.